The molecular weight excluding hydrogens is 314 g/mol. The molecule has 1 aromatic carbocycles. The van der Waals surface area contributed by atoms with E-state index in [4.69, 9.17) is 0 Å². The molecule has 5 nitrogen and oxygen atoms in total. The first kappa shape index (κ1) is 16.6. The molecule has 0 amide bonds. The minimum atomic E-state index is -0.364. The van der Waals surface area contributed by atoms with Gasteiger partial charge in [0.05, 0.1) is 5.69 Å². The van der Waals surface area contributed by atoms with E-state index in [0.29, 0.717) is 6.42 Å². The smallest absolute Gasteiger partial charge is 0.211 e. The summed E-state index contributed by atoms with van der Waals surface area (Å²) in [6.07, 6.45) is 5.71. The molecule has 0 saturated carbocycles. The SMILES string of the molecule is CC(C)c1cc(=O)c(N=O)cn1-c1cc#cc(Cc2cccnc2)c1. The predicted octanol–water partition coefficient (Wildman–Crippen LogP) is 3.94. The summed E-state index contributed by atoms with van der Waals surface area (Å²) in [6.45, 7) is 3.99. The lowest BCUT2D eigenvalue weighted by atomic mass is 10.1. The average Bonchev–Trinajstić information content (AvgIpc) is 2.62. The lowest BCUT2D eigenvalue weighted by Crippen LogP contribution is -2.12. The Balaban J connectivity index is 2.06. The molecule has 2 heterocycles. The highest BCUT2D eigenvalue weighted by Crippen LogP contribution is 2.21. The van der Waals surface area contributed by atoms with Gasteiger partial charge in [-0.3, -0.25) is 9.78 Å². The zero-order valence-corrected chi connectivity index (χ0v) is 14.1. The highest BCUT2D eigenvalue weighted by molar-refractivity contribution is 5.43. The second-order valence-electron chi connectivity index (χ2n) is 6.11. The molecule has 0 bridgehead atoms. The highest BCUT2D eigenvalue weighted by Gasteiger charge is 2.12. The van der Waals surface area contributed by atoms with Gasteiger partial charge in [0.1, 0.15) is 0 Å². The van der Waals surface area contributed by atoms with Gasteiger partial charge in [0.15, 0.2) is 5.69 Å². The fourth-order valence-electron chi connectivity index (χ4n) is 2.69. The zero-order valence-electron chi connectivity index (χ0n) is 14.1. The molecule has 0 aliphatic carbocycles. The van der Waals surface area contributed by atoms with Crippen molar-refractivity contribution in [2.45, 2.75) is 26.2 Å². The molecule has 0 radical (unpaired) electrons. The Hall–Kier alpha value is -3.26. The van der Waals surface area contributed by atoms with Gasteiger partial charge in [-0.2, -0.15) is 0 Å². The Kier molecular flexibility index (Phi) is 4.71. The molecule has 0 spiro atoms. The Morgan fingerprint density at radius 2 is 2.16 bits per heavy atom. The minimum absolute atomic E-state index is 0.106. The Morgan fingerprint density at radius 1 is 1.32 bits per heavy atom. The fourth-order valence-corrected chi connectivity index (χ4v) is 2.69. The average molecular weight is 331 g/mol. The van der Waals surface area contributed by atoms with Crippen molar-refractivity contribution in [3.05, 3.63) is 93.0 Å². The summed E-state index contributed by atoms with van der Waals surface area (Å²) in [5, 5.41) is 2.84. The minimum Gasteiger partial charge on any atom is -0.317 e. The van der Waals surface area contributed by atoms with E-state index in [1.54, 1.807) is 12.3 Å². The van der Waals surface area contributed by atoms with Crippen LogP contribution in [-0.4, -0.2) is 9.55 Å². The summed E-state index contributed by atoms with van der Waals surface area (Å²) < 4.78 is 1.82. The van der Waals surface area contributed by atoms with Gasteiger partial charge in [-0.1, -0.05) is 32.0 Å². The molecule has 3 aromatic rings. The predicted molar refractivity (Wildman–Crippen MR) is 96.3 cm³/mol. The lowest BCUT2D eigenvalue weighted by Gasteiger charge is -2.16. The number of pyridine rings is 2. The van der Waals surface area contributed by atoms with Crippen LogP contribution < -0.4 is 5.43 Å². The van der Waals surface area contributed by atoms with Gasteiger partial charge >= 0.3 is 0 Å². The molecule has 5 heteroatoms. The van der Waals surface area contributed by atoms with Crippen LogP contribution in [0.5, 0.6) is 0 Å². The van der Waals surface area contributed by atoms with E-state index in [1.165, 1.54) is 12.3 Å². The van der Waals surface area contributed by atoms with Crippen molar-refractivity contribution in [1.29, 1.82) is 0 Å². The van der Waals surface area contributed by atoms with Gasteiger partial charge in [0, 0.05) is 48.4 Å². The van der Waals surface area contributed by atoms with Gasteiger partial charge < -0.3 is 4.57 Å². The monoisotopic (exact) mass is 331 g/mol. The summed E-state index contributed by atoms with van der Waals surface area (Å²) in [5.41, 5.74) is 3.17. The Bertz CT molecular complexity index is 947. The molecule has 124 valence electrons. The molecule has 0 saturated heterocycles. The van der Waals surface area contributed by atoms with Crippen molar-refractivity contribution in [2.75, 3.05) is 0 Å². The van der Waals surface area contributed by atoms with Gasteiger partial charge in [-0.05, 0) is 28.8 Å². The summed E-state index contributed by atoms with van der Waals surface area (Å²) in [6, 6.07) is 15.2. The molecular formula is C20H17N3O2. The van der Waals surface area contributed by atoms with E-state index in [1.807, 2.05) is 42.8 Å². The summed E-state index contributed by atoms with van der Waals surface area (Å²) in [4.78, 5) is 27.0. The van der Waals surface area contributed by atoms with Crippen molar-refractivity contribution in [2.24, 2.45) is 5.18 Å². The second-order valence-corrected chi connectivity index (χ2v) is 6.11. The van der Waals surface area contributed by atoms with Crippen LogP contribution in [0.25, 0.3) is 5.69 Å². The van der Waals surface area contributed by atoms with Crippen molar-refractivity contribution in [3.63, 3.8) is 0 Å². The van der Waals surface area contributed by atoms with Crippen molar-refractivity contribution in [3.8, 4) is 5.69 Å². The Labute approximate surface area is 146 Å². The zero-order chi connectivity index (χ0) is 17.8. The Morgan fingerprint density at radius 3 is 2.84 bits per heavy atom. The van der Waals surface area contributed by atoms with Crippen molar-refractivity contribution < 1.29 is 0 Å². The van der Waals surface area contributed by atoms with E-state index in [0.717, 1.165) is 22.5 Å². The maximum absolute atomic E-state index is 11.9. The van der Waals surface area contributed by atoms with Crippen LogP contribution >= 0.6 is 0 Å². The molecule has 0 unspecified atom stereocenters. The van der Waals surface area contributed by atoms with E-state index >= 15 is 0 Å². The molecule has 25 heavy (non-hydrogen) atoms. The summed E-state index contributed by atoms with van der Waals surface area (Å²) in [7, 11) is 0. The molecule has 0 atom stereocenters. The number of nitroso groups, excluding NO2 is 1. The van der Waals surface area contributed by atoms with Gasteiger partial charge in [-0.15, -0.1) is 4.91 Å². The van der Waals surface area contributed by atoms with E-state index < -0.39 is 0 Å². The lowest BCUT2D eigenvalue weighted by molar-refractivity contribution is 0.770. The quantitative estimate of drug-likeness (QED) is 0.665. The normalized spacial score (nSPS) is 10.5. The maximum atomic E-state index is 11.9. The third kappa shape index (κ3) is 3.64. The van der Waals surface area contributed by atoms with Crippen LogP contribution in [0.4, 0.5) is 5.69 Å². The molecule has 0 aliphatic heterocycles. The van der Waals surface area contributed by atoms with E-state index in [-0.39, 0.29) is 17.0 Å². The first-order chi connectivity index (χ1) is 12.1. The number of aromatic nitrogens is 2. The molecule has 0 N–H and O–H groups in total. The van der Waals surface area contributed by atoms with Crippen LogP contribution in [-0.2, 0) is 6.42 Å². The highest BCUT2D eigenvalue weighted by atomic mass is 16.3. The molecule has 0 fully saturated rings. The third-order valence-corrected chi connectivity index (χ3v) is 3.92. The van der Waals surface area contributed by atoms with Gasteiger partial charge in [-0.25, -0.2) is 0 Å². The first-order valence-corrected chi connectivity index (χ1v) is 8.00. The third-order valence-electron chi connectivity index (χ3n) is 3.92. The number of nitrogens with zero attached hydrogens (tertiary/aromatic N) is 3. The maximum Gasteiger partial charge on any atom is 0.211 e. The van der Waals surface area contributed by atoms with Crippen LogP contribution in [0, 0.1) is 17.0 Å². The van der Waals surface area contributed by atoms with Gasteiger partial charge in [0.2, 0.25) is 5.43 Å². The second kappa shape index (κ2) is 7.10. The van der Waals surface area contributed by atoms with E-state index in [9.17, 15) is 9.70 Å². The van der Waals surface area contributed by atoms with Gasteiger partial charge in [0.25, 0.3) is 0 Å². The van der Waals surface area contributed by atoms with Crippen LogP contribution in [0.3, 0.4) is 0 Å². The topological polar surface area (TPSA) is 64.3 Å². The number of hydrogen-bond donors (Lipinski definition) is 0. The number of rotatable bonds is 5. The molecule has 3 rings (SSSR count). The van der Waals surface area contributed by atoms with Crippen molar-refractivity contribution in [1.82, 2.24) is 9.55 Å². The van der Waals surface area contributed by atoms with Crippen LogP contribution in [0.2, 0.25) is 0 Å². The number of hydrogen-bond acceptors (Lipinski definition) is 4. The largest absolute Gasteiger partial charge is 0.317 e. The summed E-state index contributed by atoms with van der Waals surface area (Å²) >= 11 is 0. The molecule has 0 aliphatic rings. The summed E-state index contributed by atoms with van der Waals surface area (Å²) in [5.74, 6) is 0.111. The van der Waals surface area contributed by atoms with E-state index in [2.05, 4.69) is 22.3 Å². The molecule has 2 aromatic heterocycles. The standard InChI is InChI=1S/C20H17N3O2/c1-14(2)19-11-20(24)18(22-25)13-23(19)17-7-3-5-15(10-17)9-16-6-4-8-21-12-16/h4,6-8,10-14H,9H2,1-2H3. The fraction of sp³-hybridized carbons (Fsp3) is 0.200. The van der Waals surface area contributed by atoms with Crippen LogP contribution in [0.1, 0.15) is 36.6 Å². The van der Waals surface area contributed by atoms with Crippen LogP contribution in [0.15, 0.2) is 58.9 Å². The first-order valence-electron chi connectivity index (χ1n) is 8.00. The van der Waals surface area contributed by atoms with Crippen molar-refractivity contribution >= 4 is 5.69 Å².